The predicted molar refractivity (Wildman–Crippen MR) is 40.6 cm³/mol. The van der Waals surface area contributed by atoms with Crippen LogP contribution in [-0.2, 0) is 4.74 Å². The number of aliphatic hydroxyl groups is 2. The van der Waals surface area contributed by atoms with Gasteiger partial charge in [0.1, 0.15) is 0 Å². The third-order valence-corrected chi connectivity index (χ3v) is 1.47. The number of aliphatic hydroxyl groups excluding tert-OH is 1. The average Bonchev–Trinajstić information content (AvgIpc) is 2.03. The van der Waals surface area contributed by atoms with Crippen LogP contribution in [0, 0.1) is 0 Å². The van der Waals surface area contributed by atoms with E-state index in [2.05, 4.69) is 4.74 Å². The second-order valence-electron chi connectivity index (χ2n) is 2.40. The number of rotatable bonds is 3. The van der Waals surface area contributed by atoms with Gasteiger partial charge in [-0.25, -0.2) is 0 Å². The summed E-state index contributed by atoms with van der Waals surface area (Å²) in [5.41, 5.74) is 1.00. The lowest BCUT2D eigenvalue weighted by atomic mass is 10.1. The zero-order chi connectivity index (χ0) is 8.10. The number of allylic oxidation sites excluding steroid dienone is 2. The van der Waals surface area contributed by atoms with E-state index in [0.29, 0.717) is 0 Å². The minimum Gasteiger partial charge on any atom is -0.346 e. The van der Waals surface area contributed by atoms with Crippen molar-refractivity contribution in [1.29, 1.82) is 0 Å². The summed E-state index contributed by atoms with van der Waals surface area (Å²) in [4.78, 5) is 0. The van der Waals surface area contributed by atoms with Gasteiger partial charge in [0, 0.05) is 0 Å². The van der Waals surface area contributed by atoms with Gasteiger partial charge in [-0.1, -0.05) is 18.2 Å². The Labute approximate surface area is 65.6 Å². The largest absolute Gasteiger partial charge is 0.346 e. The van der Waals surface area contributed by atoms with Crippen LogP contribution in [0.2, 0.25) is 0 Å². The summed E-state index contributed by atoms with van der Waals surface area (Å²) >= 11 is 0. The van der Waals surface area contributed by atoms with E-state index in [1.54, 1.807) is 0 Å². The molecule has 3 nitrogen and oxygen atoms in total. The molecule has 1 aliphatic rings. The molecule has 3 heteroatoms. The van der Waals surface area contributed by atoms with Crippen LogP contribution in [0.3, 0.4) is 0 Å². The van der Waals surface area contributed by atoms with Gasteiger partial charge in [-0.3, -0.25) is 0 Å². The molecule has 0 saturated heterocycles. The molecule has 1 aliphatic carbocycles. The second-order valence-corrected chi connectivity index (χ2v) is 2.40. The van der Waals surface area contributed by atoms with Crippen molar-refractivity contribution in [1.82, 2.24) is 0 Å². The van der Waals surface area contributed by atoms with Crippen molar-refractivity contribution in [2.45, 2.75) is 19.3 Å². The lowest BCUT2D eigenvalue weighted by Crippen LogP contribution is -2.12. The highest BCUT2D eigenvalue weighted by atomic mass is 16.7. The number of hydrogen-bond acceptors (Lipinski definition) is 3. The molecule has 0 aliphatic heterocycles. The summed E-state index contributed by atoms with van der Waals surface area (Å²) < 4.78 is 4.57. The first kappa shape index (κ1) is 8.46. The summed E-state index contributed by atoms with van der Waals surface area (Å²) in [6.07, 6.45) is 8.08. The minimum absolute atomic E-state index is 0.272. The van der Waals surface area contributed by atoms with Crippen molar-refractivity contribution >= 4 is 0 Å². The van der Waals surface area contributed by atoms with Gasteiger partial charge in [-0.05, 0) is 18.4 Å². The lowest BCUT2D eigenvalue weighted by molar-refractivity contribution is -0.228. The van der Waals surface area contributed by atoms with Gasteiger partial charge in [0.05, 0.1) is 6.61 Å². The van der Waals surface area contributed by atoms with Gasteiger partial charge in [-0.2, -0.15) is 0 Å². The Balaban J connectivity index is 2.25. The van der Waals surface area contributed by atoms with Crippen LogP contribution in [0.25, 0.3) is 0 Å². The van der Waals surface area contributed by atoms with Gasteiger partial charge in [0.15, 0.2) is 0 Å². The molecule has 0 atom stereocenters. The van der Waals surface area contributed by atoms with Crippen LogP contribution in [0.15, 0.2) is 23.8 Å². The zero-order valence-corrected chi connectivity index (χ0v) is 6.23. The fourth-order valence-electron chi connectivity index (χ4n) is 0.946. The highest BCUT2D eigenvalue weighted by Gasteiger charge is 2.00. The van der Waals surface area contributed by atoms with E-state index in [9.17, 15) is 0 Å². The molecule has 0 aromatic heterocycles. The van der Waals surface area contributed by atoms with Gasteiger partial charge >= 0.3 is 0 Å². The lowest BCUT2D eigenvalue weighted by Gasteiger charge is -2.08. The molecule has 0 amide bonds. The molecule has 2 N–H and O–H groups in total. The predicted octanol–water partition coefficient (Wildman–Crippen LogP) is 0.548. The van der Waals surface area contributed by atoms with E-state index in [1.165, 1.54) is 0 Å². The van der Waals surface area contributed by atoms with Crippen molar-refractivity contribution in [2.24, 2.45) is 0 Å². The summed E-state index contributed by atoms with van der Waals surface area (Å²) in [7, 11) is 0. The number of ether oxygens (including phenoxy) is 1. The molecular weight excluding hydrogens is 144 g/mol. The Kier molecular flexibility index (Phi) is 3.29. The molecule has 0 bridgehead atoms. The molecule has 0 heterocycles. The molecule has 0 spiro atoms. The SMILES string of the molecule is OC(O)OCC1=CCCC=C1. The third-order valence-electron chi connectivity index (χ3n) is 1.47. The average molecular weight is 156 g/mol. The normalized spacial score (nSPS) is 17.2. The summed E-state index contributed by atoms with van der Waals surface area (Å²) in [6, 6.07) is 0. The van der Waals surface area contributed by atoms with Gasteiger partial charge in [0.25, 0.3) is 6.48 Å². The maximum atomic E-state index is 8.37. The Morgan fingerprint density at radius 1 is 1.45 bits per heavy atom. The zero-order valence-electron chi connectivity index (χ0n) is 6.23. The van der Waals surface area contributed by atoms with Gasteiger partial charge in [-0.15, -0.1) is 0 Å². The molecule has 0 fully saturated rings. The fourth-order valence-corrected chi connectivity index (χ4v) is 0.946. The van der Waals surface area contributed by atoms with Crippen LogP contribution in [-0.4, -0.2) is 23.3 Å². The Bertz CT molecular complexity index is 170. The molecular formula is C8H12O3. The monoisotopic (exact) mass is 156 g/mol. The Morgan fingerprint density at radius 2 is 2.27 bits per heavy atom. The first-order chi connectivity index (χ1) is 5.29. The molecule has 11 heavy (non-hydrogen) atoms. The molecule has 0 aromatic rings. The van der Waals surface area contributed by atoms with E-state index in [1.807, 2.05) is 18.2 Å². The first-order valence-electron chi connectivity index (χ1n) is 3.62. The summed E-state index contributed by atoms with van der Waals surface area (Å²) in [6.45, 7) is -1.39. The van der Waals surface area contributed by atoms with Crippen molar-refractivity contribution in [3.63, 3.8) is 0 Å². The van der Waals surface area contributed by atoms with E-state index in [0.717, 1.165) is 18.4 Å². The molecule has 0 radical (unpaired) electrons. The van der Waals surface area contributed by atoms with Gasteiger partial charge < -0.3 is 14.9 Å². The smallest absolute Gasteiger partial charge is 0.266 e. The third kappa shape index (κ3) is 3.32. The molecule has 0 aromatic carbocycles. The van der Waals surface area contributed by atoms with Crippen molar-refractivity contribution in [2.75, 3.05) is 6.61 Å². The minimum atomic E-state index is -1.66. The van der Waals surface area contributed by atoms with Crippen molar-refractivity contribution < 1.29 is 14.9 Å². The summed E-state index contributed by atoms with van der Waals surface area (Å²) in [5.74, 6) is 0. The number of hydrogen-bond donors (Lipinski definition) is 2. The van der Waals surface area contributed by atoms with Crippen LogP contribution in [0.5, 0.6) is 0 Å². The van der Waals surface area contributed by atoms with Crippen LogP contribution < -0.4 is 0 Å². The highest BCUT2D eigenvalue weighted by Crippen LogP contribution is 2.09. The topological polar surface area (TPSA) is 49.7 Å². The van der Waals surface area contributed by atoms with Crippen LogP contribution in [0.1, 0.15) is 12.8 Å². The Morgan fingerprint density at radius 3 is 2.82 bits per heavy atom. The van der Waals surface area contributed by atoms with Crippen molar-refractivity contribution in [3.8, 4) is 0 Å². The molecule has 62 valence electrons. The van der Waals surface area contributed by atoms with Gasteiger partial charge in [0.2, 0.25) is 0 Å². The molecule has 0 saturated carbocycles. The van der Waals surface area contributed by atoms with Crippen molar-refractivity contribution in [3.05, 3.63) is 23.8 Å². The second kappa shape index (κ2) is 4.28. The first-order valence-corrected chi connectivity index (χ1v) is 3.62. The maximum Gasteiger partial charge on any atom is 0.266 e. The standard InChI is InChI=1S/C8H12O3/c9-8(10)11-6-7-4-2-1-3-5-7/h2,4-5,8-10H,1,3,6H2. The quantitative estimate of drug-likeness (QED) is 0.586. The van der Waals surface area contributed by atoms with Crippen LogP contribution in [0.4, 0.5) is 0 Å². The highest BCUT2D eigenvalue weighted by molar-refractivity contribution is 5.22. The van der Waals surface area contributed by atoms with E-state index in [-0.39, 0.29) is 6.61 Å². The van der Waals surface area contributed by atoms with E-state index >= 15 is 0 Å². The molecule has 1 rings (SSSR count). The fraction of sp³-hybridized carbons (Fsp3) is 0.500. The summed E-state index contributed by atoms with van der Waals surface area (Å²) in [5, 5.41) is 16.7. The van der Waals surface area contributed by atoms with E-state index in [4.69, 9.17) is 10.2 Å². The van der Waals surface area contributed by atoms with E-state index < -0.39 is 6.48 Å². The van der Waals surface area contributed by atoms with Crippen LogP contribution >= 0.6 is 0 Å². The molecule has 0 unspecified atom stereocenters. The Hall–Kier alpha value is -0.640. The maximum absolute atomic E-state index is 8.37.